The van der Waals surface area contributed by atoms with Crippen LogP contribution >= 0.6 is 0 Å². The molecule has 2 amide bonds. The van der Waals surface area contributed by atoms with Crippen molar-refractivity contribution in [3.8, 4) is 5.75 Å². The molecule has 1 N–H and O–H groups in total. The summed E-state index contributed by atoms with van der Waals surface area (Å²) in [5.74, 6) is 0.741. The van der Waals surface area contributed by atoms with Crippen LogP contribution < -0.4 is 15.0 Å². The molecule has 1 aromatic carbocycles. The number of hydrogen-bond acceptors (Lipinski definition) is 5. The number of nitrogens with one attached hydrogen (secondary N) is 1. The normalized spacial score (nSPS) is 26.9. The first-order valence-corrected chi connectivity index (χ1v) is 13.1. The zero-order chi connectivity index (χ0) is 22.9. The molecule has 1 saturated heterocycles. The molecule has 176 valence electrons. The number of rotatable bonds is 5. The summed E-state index contributed by atoms with van der Waals surface area (Å²) in [7, 11) is -3.66. The Hall–Kier alpha value is -2.13. The van der Waals surface area contributed by atoms with Gasteiger partial charge in [0.05, 0.1) is 10.6 Å². The first-order valence-electron chi connectivity index (χ1n) is 11.6. The number of carbonyl (C=O) groups excluding carboxylic acids is 2. The molecule has 3 aliphatic rings. The quantitative estimate of drug-likeness (QED) is 0.724. The van der Waals surface area contributed by atoms with Gasteiger partial charge < -0.3 is 10.1 Å². The lowest BCUT2D eigenvalue weighted by molar-refractivity contribution is -0.126. The average molecular weight is 464 g/mol. The summed E-state index contributed by atoms with van der Waals surface area (Å²) in [4.78, 5) is 26.9. The fourth-order valence-electron chi connectivity index (χ4n) is 4.95. The first-order chi connectivity index (χ1) is 15.3. The number of benzene rings is 1. The molecule has 1 aliphatic carbocycles. The van der Waals surface area contributed by atoms with Crippen molar-refractivity contribution in [2.75, 3.05) is 31.1 Å². The third kappa shape index (κ3) is 4.64. The van der Waals surface area contributed by atoms with Crippen LogP contribution in [-0.2, 0) is 19.6 Å². The van der Waals surface area contributed by atoms with Crippen molar-refractivity contribution in [3.63, 3.8) is 0 Å². The van der Waals surface area contributed by atoms with Gasteiger partial charge in [-0.2, -0.15) is 4.31 Å². The van der Waals surface area contributed by atoms with Crippen LogP contribution in [-0.4, -0.2) is 56.8 Å². The van der Waals surface area contributed by atoms with E-state index in [0.29, 0.717) is 36.4 Å². The topological polar surface area (TPSA) is 96.0 Å². The van der Waals surface area contributed by atoms with Gasteiger partial charge in [0.2, 0.25) is 15.9 Å². The van der Waals surface area contributed by atoms with Crippen LogP contribution in [0.1, 0.15) is 52.4 Å². The number of nitrogens with zero attached hydrogens (tertiary/aromatic N) is 2. The van der Waals surface area contributed by atoms with Gasteiger partial charge in [0, 0.05) is 19.1 Å². The van der Waals surface area contributed by atoms with Crippen LogP contribution in [0.25, 0.3) is 0 Å². The van der Waals surface area contributed by atoms with E-state index in [0.717, 1.165) is 38.5 Å². The molecule has 0 spiro atoms. The van der Waals surface area contributed by atoms with Crippen LogP contribution in [0.4, 0.5) is 5.69 Å². The number of hydrogen-bond donors (Lipinski definition) is 1. The molecule has 9 heteroatoms. The van der Waals surface area contributed by atoms with Gasteiger partial charge in [0.25, 0.3) is 5.91 Å². The smallest absolute Gasteiger partial charge is 0.265 e. The second kappa shape index (κ2) is 9.39. The van der Waals surface area contributed by atoms with Crippen molar-refractivity contribution >= 4 is 27.5 Å². The Morgan fingerprint density at radius 2 is 1.88 bits per heavy atom. The summed E-state index contributed by atoms with van der Waals surface area (Å²) < 4.78 is 33.2. The largest absolute Gasteiger partial charge is 0.482 e. The second-order valence-electron chi connectivity index (χ2n) is 9.30. The Morgan fingerprint density at radius 1 is 1.12 bits per heavy atom. The molecule has 0 unspecified atom stereocenters. The molecule has 1 aromatic rings. The molecule has 4 rings (SSSR count). The van der Waals surface area contributed by atoms with Gasteiger partial charge in [-0.1, -0.05) is 33.1 Å². The molecule has 1 saturated carbocycles. The third-order valence-electron chi connectivity index (χ3n) is 7.18. The van der Waals surface area contributed by atoms with Crippen molar-refractivity contribution in [3.05, 3.63) is 18.2 Å². The van der Waals surface area contributed by atoms with E-state index >= 15 is 0 Å². The minimum Gasteiger partial charge on any atom is -0.482 e. The molecular formula is C23H33N3O5S. The van der Waals surface area contributed by atoms with E-state index in [9.17, 15) is 18.0 Å². The highest BCUT2D eigenvalue weighted by atomic mass is 32.2. The van der Waals surface area contributed by atoms with Crippen LogP contribution in [0.3, 0.4) is 0 Å². The molecule has 0 aromatic heterocycles. The molecule has 3 atom stereocenters. The van der Waals surface area contributed by atoms with Gasteiger partial charge in [0.15, 0.2) is 6.61 Å². The fourth-order valence-corrected chi connectivity index (χ4v) is 6.49. The highest BCUT2D eigenvalue weighted by Gasteiger charge is 2.33. The van der Waals surface area contributed by atoms with Gasteiger partial charge in [-0.15, -0.1) is 0 Å². The van der Waals surface area contributed by atoms with Crippen LogP contribution in [0.5, 0.6) is 5.75 Å². The third-order valence-corrected chi connectivity index (χ3v) is 9.08. The molecule has 32 heavy (non-hydrogen) atoms. The predicted octanol–water partition coefficient (Wildman–Crippen LogP) is 2.53. The van der Waals surface area contributed by atoms with Gasteiger partial charge in [-0.3, -0.25) is 14.5 Å². The maximum Gasteiger partial charge on any atom is 0.265 e. The first kappa shape index (κ1) is 23.0. The summed E-state index contributed by atoms with van der Waals surface area (Å²) in [6.07, 6.45) is 5.89. The van der Waals surface area contributed by atoms with Crippen molar-refractivity contribution in [1.82, 2.24) is 9.62 Å². The van der Waals surface area contributed by atoms with E-state index in [1.165, 1.54) is 21.3 Å². The van der Waals surface area contributed by atoms with E-state index in [2.05, 4.69) is 19.2 Å². The number of amides is 2. The molecule has 2 heterocycles. The minimum absolute atomic E-state index is 0.0904. The van der Waals surface area contributed by atoms with E-state index in [1.54, 1.807) is 6.07 Å². The summed E-state index contributed by atoms with van der Waals surface area (Å²) in [5.41, 5.74) is 0.333. The van der Waals surface area contributed by atoms with E-state index < -0.39 is 10.0 Å². The summed E-state index contributed by atoms with van der Waals surface area (Å²) >= 11 is 0. The summed E-state index contributed by atoms with van der Waals surface area (Å²) in [6.45, 7) is 5.03. The SMILES string of the molecule is C[C@H]1[C@H](C)CCC[C@@H]1NC(=O)CN1C(=O)COc2ccc(S(=O)(=O)N3CCCCC3)cc21. The number of piperidine rings is 1. The minimum atomic E-state index is -3.66. The van der Waals surface area contributed by atoms with E-state index in [-0.39, 0.29) is 35.9 Å². The Labute approximate surface area is 190 Å². The Bertz CT molecular complexity index is 974. The van der Waals surface area contributed by atoms with Gasteiger partial charge >= 0.3 is 0 Å². The van der Waals surface area contributed by atoms with Crippen molar-refractivity contribution in [1.29, 1.82) is 0 Å². The van der Waals surface area contributed by atoms with Gasteiger partial charge in [-0.25, -0.2) is 8.42 Å². The van der Waals surface area contributed by atoms with Crippen molar-refractivity contribution in [2.24, 2.45) is 11.8 Å². The van der Waals surface area contributed by atoms with Gasteiger partial charge in [-0.05, 0) is 49.3 Å². The monoisotopic (exact) mass is 463 g/mol. The highest BCUT2D eigenvalue weighted by Crippen LogP contribution is 2.35. The molecule has 2 aliphatic heterocycles. The Morgan fingerprint density at radius 3 is 2.62 bits per heavy atom. The van der Waals surface area contributed by atoms with Gasteiger partial charge in [0.1, 0.15) is 12.3 Å². The highest BCUT2D eigenvalue weighted by molar-refractivity contribution is 7.89. The lowest BCUT2D eigenvalue weighted by atomic mass is 9.78. The molecule has 8 nitrogen and oxygen atoms in total. The fraction of sp³-hybridized carbons (Fsp3) is 0.652. The van der Waals surface area contributed by atoms with Crippen LogP contribution in [0, 0.1) is 11.8 Å². The lowest BCUT2D eigenvalue weighted by Crippen LogP contribution is -2.50. The zero-order valence-electron chi connectivity index (χ0n) is 18.9. The number of ether oxygens (including phenoxy) is 1. The zero-order valence-corrected chi connectivity index (χ0v) is 19.7. The van der Waals surface area contributed by atoms with Crippen LogP contribution in [0.15, 0.2) is 23.1 Å². The maximum absolute atomic E-state index is 13.1. The number of sulfonamides is 1. The maximum atomic E-state index is 13.1. The second-order valence-corrected chi connectivity index (χ2v) is 11.2. The number of carbonyl (C=O) groups is 2. The molecule has 0 radical (unpaired) electrons. The number of fused-ring (bicyclic) bond motifs is 1. The predicted molar refractivity (Wildman–Crippen MR) is 121 cm³/mol. The van der Waals surface area contributed by atoms with E-state index in [1.807, 2.05) is 0 Å². The Balaban J connectivity index is 1.54. The van der Waals surface area contributed by atoms with E-state index in [4.69, 9.17) is 4.74 Å². The average Bonchev–Trinajstić information content (AvgIpc) is 2.79. The van der Waals surface area contributed by atoms with Crippen LogP contribution in [0.2, 0.25) is 0 Å². The lowest BCUT2D eigenvalue weighted by Gasteiger charge is -2.35. The summed E-state index contributed by atoms with van der Waals surface area (Å²) in [5, 5.41) is 3.09. The molecule has 0 bridgehead atoms. The Kier molecular flexibility index (Phi) is 6.76. The molecule has 2 fully saturated rings. The molecular weight excluding hydrogens is 430 g/mol. The summed E-state index contributed by atoms with van der Waals surface area (Å²) in [6, 6.07) is 4.65. The van der Waals surface area contributed by atoms with Crippen molar-refractivity contribution < 1.29 is 22.7 Å². The van der Waals surface area contributed by atoms with Crippen molar-refractivity contribution in [2.45, 2.75) is 63.3 Å². The number of anilines is 1. The standard InChI is InChI=1S/C23H33N3O5S/c1-16-7-6-8-19(17(16)2)24-22(27)14-26-20-13-18(9-10-21(20)31-15-23(26)28)32(29,30)25-11-4-3-5-12-25/h9-10,13,16-17,19H,3-8,11-12,14-15H2,1-2H3,(H,24,27)/t16-,17+,19+/m1/s1.